The van der Waals surface area contributed by atoms with Gasteiger partial charge >= 0.3 is 0 Å². The molecule has 0 aliphatic rings. The minimum absolute atomic E-state index is 0.0564. The Morgan fingerprint density at radius 1 is 1.32 bits per heavy atom. The fourth-order valence-electron chi connectivity index (χ4n) is 1.90. The third-order valence-electron chi connectivity index (χ3n) is 3.02. The van der Waals surface area contributed by atoms with Gasteiger partial charge in [-0.15, -0.1) is 0 Å². The summed E-state index contributed by atoms with van der Waals surface area (Å²) in [6, 6.07) is 6.62. The van der Waals surface area contributed by atoms with Crippen molar-refractivity contribution >= 4 is 10.0 Å². The van der Waals surface area contributed by atoms with Gasteiger partial charge in [0.05, 0.1) is 13.4 Å². The molecule has 1 aromatic carbocycles. The Balaban J connectivity index is 2.19. The van der Waals surface area contributed by atoms with Crippen molar-refractivity contribution in [3.8, 4) is 5.75 Å². The number of benzene rings is 1. The predicted octanol–water partition coefficient (Wildman–Crippen LogP) is 2.09. The molecule has 2 aromatic rings. The monoisotopic (exact) mass is 329 g/mol. The summed E-state index contributed by atoms with van der Waals surface area (Å²) in [5, 5.41) is 0. The first kappa shape index (κ1) is 16.5. The van der Waals surface area contributed by atoms with E-state index in [1.165, 1.54) is 26.5 Å². The number of furan rings is 1. The first-order valence-corrected chi connectivity index (χ1v) is 7.85. The quantitative estimate of drug-likeness (QED) is 0.841. The van der Waals surface area contributed by atoms with Crippen LogP contribution in [0, 0.1) is 5.82 Å². The number of methoxy groups -OCH3 is 2. The third kappa shape index (κ3) is 3.65. The van der Waals surface area contributed by atoms with E-state index in [0.717, 1.165) is 12.1 Å². The van der Waals surface area contributed by atoms with Crippen LogP contribution >= 0.6 is 0 Å². The summed E-state index contributed by atoms with van der Waals surface area (Å²) in [7, 11) is -1.21. The van der Waals surface area contributed by atoms with Crippen LogP contribution < -0.4 is 9.46 Å². The Labute approximate surface area is 127 Å². The van der Waals surface area contributed by atoms with Crippen LogP contribution in [-0.2, 0) is 14.8 Å². The summed E-state index contributed by atoms with van der Waals surface area (Å²) >= 11 is 0. The smallest absolute Gasteiger partial charge is 0.244 e. The van der Waals surface area contributed by atoms with Gasteiger partial charge in [-0.3, -0.25) is 0 Å². The molecule has 0 saturated carbocycles. The summed E-state index contributed by atoms with van der Waals surface area (Å²) in [6.45, 7) is -0.0635. The fraction of sp³-hybridized carbons (Fsp3) is 0.286. The van der Waals surface area contributed by atoms with Crippen molar-refractivity contribution in [1.82, 2.24) is 4.72 Å². The standard InChI is InChI=1S/C14H16FNO5S/c1-19-12-6-5-10(15)8-14(12)22(17,18)16-9-13(20-2)11-4-3-7-21-11/h3-8,13,16H,9H2,1-2H3/t13-/m0/s1. The fourth-order valence-corrected chi connectivity index (χ4v) is 3.11. The Bertz CT molecular complexity index is 715. The van der Waals surface area contributed by atoms with Crippen LogP contribution in [0.25, 0.3) is 0 Å². The van der Waals surface area contributed by atoms with Crippen molar-refractivity contribution in [2.45, 2.75) is 11.0 Å². The summed E-state index contributed by atoms with van der Waals surface area (Å²) in [6.07, 6.45) is 0.871. The van der Waals surface area contributed by atoms with Gasteiger partial charge < -0.3 is 13.9 Å². The first-order chi connectivity index (χ1) is 10.5. The zero-order valence-electron chi connectivity index (χ0n) is 12.1. The Morgan fingerprint density at radius 3 is 2.68 bits per heavy atom. The summed E-state index contributed by atoms with van der Waals surface area (Å²) in [4.78, 5) is -0.274. The molecule has 0 fully saturated rings. The second-order valence-corrected chi connectivity index (χ2v) is 6.12. The topological polar surface area (TPSA) is 77.8 Å². The minimum Gasteiger partial charge on any atom is -0.495 e. The normalized spacial score (nSPS) is 13.0. The Morgan fingerprint density at radius 2 is 2.09 bits per heavy atom. The van der Waals surface area contributed by atoms with Crippen molar-refractivity contribution in [1.29, 1.82) is 0 Å². The average Bonchev–Trinajstić information content (AvgIpc) is 3.02. The van der Waals surface area contributed by atoms with Gasteiger partial charge in [0, 0.05) is 13.7 Å². The van der Waals surface area contributed by atoms with Gasteiger partial charge in [0.25, 0.3) is 0 Å². The molecule has 1 heterocycles. The molecule has 22 heavy (non-hydrogen) atoms. The van der Waals surface area contributed by atoms with Crippen molar-refractivity contribution < 1.29 is 26.7 Å². The lowest BCUT2D eigenvalue weighted by Crippen LogP contribution is -2.29. The molecule has 0 saturated heterocycles. The third-order valence-corrected chi connectivity index (χ3v) is 4.46. The average molecular weight is 329 g/mol. The van der Waals surface area contributed by atoms with Gasteiger partial charge in [0.1, 0.15) is 28.3 Å². The highest BCUT2D eigenvalue weighted by Crippen LogP contribution is 2.25. The van der Waals surface area contributed by atoms with Crippen LogP contribution in [0.5, 0.6) is 5.75 Å². The van der Waals surface area contributed by atoms with Crippen LogP contribution in [0.1, 0.15) is 11.9 Å². The number of sulfonamides is 1. The van der Waals surface area contributed by atoms with E-state index in [9.17, 15) is 12.8 Å². The molecule has 0 aliphatic carbocycles. The Kier molecular flexibility index (Phi) is 5.17. The Hall–Kier alpha value is -1.90. The van der Waals surface area contributed by atoms with Crippen molar-refractivity contribution in [2.75, 3.05) is 20.8 Å². The molecular formula is C14H16FNO5S. The SMILES string of the molecule is COc1ccc(F)cc1S(=O)(=O)NC[C@H](OC)c1ccco1. The van der Waals surface area contributed by atoms with Gasteiger partial charge in [-0.2, -0.15) is 0 Å². The van der Waals surface area contributed by atoms with E-state index in [1.54, 1.807) is 12.1 Å². The zero-order chi connectivity index (χ0) is 16.2. The second-order valence-electron chi connectivity index (χ2n) is 4.39. The van der Waals surface area contributed by atoms with E-state index in [1.807, 2.05) is 0 Å². The lowest BCUT2D eigenvalue weighted by atomic mass is 10.3. The lowest BCUT2D eigenvalue weighted by Gasteiger charge is -2.15. The highest BCUT2D eigenvalue weighted by Gasteiger charge is 2.23. The molecule has 1 atom stereocenters. The maximum atomic E-state index is 13.3. The minimum atomic E-state index is -3.96. The number of ether oxygens (including phenoxy) is 2. The number of hydrogen-bond acceptors (Lipinski definition) is 5. The maximum absolute atomic E-state index is 13.3. The van der Waals surface area contributed by atoms with Gasteiger partial charge in [-0.1, -0.05) is 0 Å². The largest absolute Gasteiger partial charge is 0.495 e. The maximum Gasteiger partial charge on any atom is 0.244 e. The number of nitrogens with one attached hydrogen (secondary N) is 1. The van der Waals surface area contributed by atoms with Crippen LogP contribution in [0.3, 0.4) is 0 Å². The van der Waals surface area contributed by atoms with E-state index in [0.29, 0.717) is 5.76 Å². The van der Waals surface area contributed by atoms with Gasteiger partial charge in [-0.25, -0.2) is 17.5 Å². The molecule has 2 rings (SSSR count). The molecule has 6 nitrogen and oxygen atoms in total. The van der Waals surface area contributed by atoms with E-state index in [2.05, 4.69) is 4.72 Å². The van der Waals surface area contributed by atoms with Gasteiger partial charge in [-0.05, 0) is 30.3 Å². The van der Waals surface area contributed by atoms with Crippen molar-refractivity contribution in [3.05, 3.63) is 48.2 Å². The lowest BCUT2D eigenvalue weighted by molar-refractivity contribution is 0.0878. The highest BCUT2D eigenvalue weighted by molar-refractivity contribution is 7.89. The molecule has 0 bridgehead atoms. The number of hydrogen-bond donors (Lipinski definition) is 1. The van der Waals surface area contributed by atoms with Crippen LogP contribution in [0.2, 0.25) is 0 Å². The van der Waals surface area contributed by atoms with Crippen LogP contribution in [0.15, 0.2) is 45.9 Å². The molecule has 0 spiro atoms. The van der Waals surface area contributed by atoms with Crippen molar-refractivity contribution in [3.63, 3.8) is 0 Å². The van der Waals surface area contributed by atoms with Gasteiger partial charge in [0.2, 0.25) is 10.0 Å². The van der Waals surface area contributed by atoms with Gasteiger partial charge in [0.15, 0.2) is 0 Å². The molecule has 1 N–H and O–H groups in total. The molecule has 0 unspecified atom stereocenters. The van der Waals surface area contributed by atoms with Crippen LogP contribution in [-0.4, -0.2) is 29.2 Å². The number of rotatable bonds is 7. The van der Waals surface area contributed by atoms with E-state index in [-0.39, 0.29) is 17.2 Å². The molecule has 0 amide bonds. The summed E-state index contributed by atoms with van der Waals surface area (Å²) in [5.74, 6) is -0.132. The molecular weight excluding hydrogens is 313 g/mol. The van der Waals surface area contributed by atoms with Crippen molar-refractivity contribution in [2.24, 2.45) is 0 Å². The summed E-state index contributed by atoms with van der Waals surface area (Å²) < 4.78 is 55.6. The molecule has 8 heteroatoms. The molecule has 1 aromatic heterocycles. The van der Waals surface area contributed by atoms with E-state index in [4.69, 9.17) is 13.9 Å². The second kappa shape index (κ2) is 6.91. The van der Waals surface area contributed by atoms with Crippen LogP contribution in [0.4, 0.5) is 4.39 Å². The molecule has 0 radical (unpaired) electrons. The van der Waals surface area contributed by atoms with E-state index < -0.39 is 21.9 Å². The summed E-state index contributed by atoms with van der Waals surface area (Å²) in [5.41, 5.74) is 0. The number of halogens is 1. The molecule has 120 valence electrons. The highest BCUT2D eigenvalue weighted by atomic mass is 32.2. The first-order valence-electron chi connectivity index (χ1n) is 6.37. The zero-order valence-corrected chi connectivity index (χ0v) is 12.9. The predicted molar refractivity (Wildman–Crippen MR) is 76.6 cm³/mol. The van der Waals surface area contributed by atoms with E-state index >= 15 is 0 Å². The molecule has 0 aliphatic heterocycles.